The minimum absolute atomic E-state index is 0.0692. The van der Waals surface area contributed by atoms with Gasteiger partial charge in [0, 0.05) is 24.8 Å². The highest BCUT2D eigenvalue weighted by molar-refractivity contribution is 5.95. The van der Waals surface area contributed by atoms with Crippen molar-refractivity contribution in [2.24, 2.45) is 11.8 Å². The van der Waals surface area contributed by atoms with Gasteiger partial charge in [0.1, 0.15) is 5.75 Å². The van der Waals surface area contributed by atoms with Crippen molar-refractivity contribution in [3.63, 3.8) is 0 Å². The first-order valence-electron chi connectivity index (χ1n) is 6.51. The van der Waals surface area contributed by atoms with E-state index in [1.165, 1.54) is 0 Å². The topological polar surface area (TPSA) is 70.6 Å². The number of carbonyl (C=O) groups is 1. The number of rotatable bonds is 5. The van der Waals surface area contributed by atoms with E-state index in [1.54, 1.807) is 0 Å². The predicted octanol–water partition coefficient (Wildman–Crippen LogP) is 1.69. The molecule has 104 valence electrons. The fourth-order valence-electron chi connectivity index (χ4n) is 1.95. The summed E-state index contributed by atoms with van der Waals surface area (Å²) in [5.41, 5.74) is 1.59. The molecule has 1 amide bonds. The molecule has 2 rings (SSSR count). The summed E-state index contributed by atoms with van der Waals surface area (Å²) in [6, 6.07) is 5.59. The Bertz CT molecular complexity index is 460. The first-order valence-corrected chi connectivity index (χ1v) is 6.51. The molecule has 0 aromatic heterocycles. The van der Waals surface area contributed by atoms with E-state index in [2.05, 4.69) is 24.5 Å². The molecule has 1 unspecified atom stereocenters. The van der Waals surface area contributed by atoms with Gasteiger partial charge in [0.2, 0.25) is 0 Å². The molecule has 1 aliphatic rings. The van der Waals surface area contributed by atoms with Gasteiger partial charge in [-0.2, -0.15) is 0 Å². The lowest BCUT2D eigenvalue weighted by atomic mass is 9.97. The first-order chi connectivity index (χ1) is 9.10. The summed E-state index contributed by atoms with van der Waals surface area (Å²) in [5.74, 6) is 1.17. The number of ether oxygens (including phenoxy) is 1. The SMILES string of the molecule is CC(C)C(CO)CNc1ccc2c(c1)NC(=O)CO2. The number of carbonyl (C=O) groups excluding carboxylic acids is 1. The van der Waals surface area contributed by atoms with Crippen molar-refractivity contribution in [3.8, 4) is 5.75 Å². The van der Waals surface area contributed by atoms with Crippen molar-refractivity contribution < 1.29 is 14.6 Å². The minimum atomic E-state index is -0.139. The van der Waals surface area contributed by atoms with Gasteiger partial charge < -0.3 is 20.5 Å². The van der Waals surface area contributed by atoms with Crippen LogP contribution in [-0.4, -0.2) is 30.8 Å². The van der Waals surface area contributed by atoms with E-state index in [9.17, 15) is 9.90 Å². The van der Waals surface area contributed by atoms with Gasteiger partial charge in [-0.05, 0) is 24.1 Å². The molecule has 1 atom stereocenters. The Balaban J connectivity index is 2.02. The van der Waals surface area contributed by atoms with Crippen molar-refractivity contribution in [3.05, 3.63) is 18.2 Å². The Morgan fingerprint density at radius 2 is 2.26 bits per heavy atom. The molecule has 1 aromatic carbocycles. The van der Waals surface area contributed by atoms with Crippen LogP contribution in [0.5, 0.6) is 5.75 Å². The smallest absolute Gasteiger partial charge is 0.262 e. The lowest BCUT2D eigenvalue weighted by molar-refractivity contribution is -0.118. The molecule has 0 fully saturated rings. The second kappa shape index (κ2) is 5.93. The quantitative estimate of drug-likeness (QED) is 0.757. The van der Waals surface area contributed by atoms with Crippen LogP contribution in [0.3, 0.4) is 0 Å². The van der Waals surface area contributed by atoms with Gasteiger partial charge >= 0.3 is 0 Å². The van der Waals surface area contributed by atoms with Crippen LogP contribution in [-0.2, 0) is 4.79 Å². The summed E-state index contributed by atoms with van der Waals surface area (Å²) in [4.78, 5) is 11.2. The maximum absolute atomic E-state index is 11.2. The average Bonchev–Trinajstić information content (AvgIpc) is 2.38. The average molecular weight is 264 g/mol. The van der Waals surface area contributed by atoms with Crippen LogP contribution in [0.25, 0.3) is 0 Å². The van der Waals surface area contributed by atoms with E-state index in [4.69, 9.17) is 4.74 Å². The van der Waals surface area contributed by atoms with E-state index in [0.717, 1.165) is 5.69 Å². The molecular weight excluding hydrogens is 244 g/mol. The lowest BCUT2D eigenvalue weighted by Crippen LogP contribution is -2.26. The van der Waals surface area contributed by atoms with Gasteiger partial charge in [-0.3, -0.25) is 4.79 Å². The summed E-state index contributed by atoms with van der Waals surface area (Å²) in [6.07, 6.45) is 0. The number of fused-ring (bicyclic) bond motifs is 1. The zero-order valence-corrected chi connectivity index (χ0v) is 11.3. The van der Waals surface area contributed by atoms with Crippen LogP contribution in [0.2, 0.25) is 0 Å². The van der Waals surface area contributed by atoms with Crippen molar-refractivity contribution in [1.82, 2.24) is 0 Å². The number of benzene rings is 1. The second-order valence-corrected chi connectivity index (χ2v) is 5.12. The van der Waals surface area contributed by atoms with Gasteiger partial charge in [0.25, 0.3) is 5.91 Å². The third-order valence-electron chi connectivity index (χ3n) is 3.36. The minimum Gasteiger partial charge on any atom is -0.482 e. The molecule has 1 aromatic rings. The maximum atomic E-state index is 11.2. The van der Waals surface area contributed by atoms with Crippen LogP contribution in [0, 0.1) is 11.8 Å². The summed E-state index contributed by atoms with van der Waals surface area (Å²) >= 11 is 0. The van der Waals surface area contributed by atoms with E-state index in [1.807, 2.05) is 18.2 Å². The van der Waals surface area contributed by atoms with Crippen LogP contribution >= 0.6 is 0 Å². The molecule has 0 spiro atoms. The van der Waals surface area contributed by atoms with E-state index >= 15 is 0 Å². The van der Waals surface area contributed by atoms with Gasteiger partial charge in [0.15, 0.2) is 6.61 Å². The Morgan fingerprint density at radius 3 is 2.95 bits per heavy atom. The highest BCUT2D eigenvalue weighted by atomic mass is 16.5. The number of anilines is 2. The third-order valence-corrected chi connectivity index (χ3v) is 3.36. The largest absolute Gasteiger partial charge is 0.482 e. The monoisotopic (exact) mass is 264 g/mol. The fourth-order valence-corrected chi connectivity index (χ4v) is 1.95. The zero-order chi connectivity index (χ0) is 13.8. The molecule has 0 saturated heterocycles. The van der Waals surface area contributed by atoms with E-state index in [0.29, 0.717) is 23.9 Å². The zero-order valence-electron chi connectivity index (χ0n) is 11.3. The number of amides is 1. The van der Waals surface area contributed by atoms with Gasteiger partial charge in [-0.15, -0.1) is 0 Å². The fraction of sp³-hybridized carbons (Fsp3) is 0.500. The molecule has 3 N–H and O–H groups in total. The normalized spacial score (nSPS) is 15.5. The second-order valence-electron chi connectivity index (χ2n) is 5.12. The summed E-state index contributed by atoms with van der Waals surface area (Å²) < 4.78 is 5.30. The van der Waals surface area contributed by atoms with Gasteiger partial charge in [0.05, 0.1) is 5.69 Å². The number of hydrogen-bond acceptors (Lipinski definition) is 4. The van der Waals surface area contributed by atoms with Crippen LogP contribution < -0.4 is 15.4 Å². The van der Waals surface area contributed by atoms with E-state index < -0.39 is 0 Å². The first kappa shape index (κ1) is 13.7. The molecule has 1 heterocycles. The highest BCUT2D eigenvalue weighted by Crippen LogP contribution is 2.30. The van der Waals surface area contributed by atoms with Gasteiger partial charge in [-0.25, -0.2) is 0 Å². The molecule has 19 heavy (non-hydrogen) atoms. The van der Waals surface area contributed by atoms with Crippen LogP contribution in [0.4, 0.5) is 11.4 Å². The molecule has 0 saturated carbocycles. The predicted molar refractivity (Wildman–Crippen MR) is 74.5 cm³/mol. The molecular formula is C14H20N2O3. The third kappa shape index (κ3) is 3.38. The summed E-state index contributed by atoms with van der Waals surface area (Å²) in [7, 11) is 0. The van der Waals surface area contributed by atoms with Gasteiger partial charge in [-0.1, -0.05) is 13.8 Å². The number of hydrogen-bond donors (Lipinski definition) is 3. The molecule has 5 heteroatoms. The van der Waals surface area contributed by atoms with Crippen LogP contribution in [0.15, 0.2) is 18.2 Å². The number of nitrogens with one attached hydrogen (secondary N) is 2. The molecule has 1 aliphatic heterocycles. The van der Waals surface area contributed by atoms with E-state index in [-0.39, 0.29) is 25.0 Å². The Labute approximate surface area is 113 Å². The maximum Gasteiger partial charge on any atom is 0.262 e. The van der Waals surface area contributed by atoms with Crippen molar-refractivity contribution in [2.75, 3.05) is 30.4 Å². The molecule has 0 radical (unpaired) electrons. The lowest BCUT2D eigenvalue weighted by Gasteiger charge is -2.21. The highest BCUT2D eigenvalue weighted by Gasteiger charge is 2.16. The molecule has 0 aliphatic carbocycles. The standard InChI is InChI=1S/C14H20N2O3/c1-9(2)10(7-17)6-15-11-3-4-13-12(5-11)16-14(18)8-19-13/h3-5,9-10,15,17H,6-8H2,1-2H3,(H,16,18). The van der Waals surface area contributed by atoms with Crippen LogP contribution in [0.1, 0.15) is 13.8 Å². The number of aliphatic hydroxyl groups excluding tert-OH is 1. The molecule has 5 nitrogen and oxygen atoms in total. The molecule has 0 bridgehead atoms. The summed E-state index contributed by atoms with van der Waals surface area (Å²) in [6.45, 7) is 5.10. The number of aliphatic hydroxyl groups is 1. The van der Waals surface area contributed by atoms with Crippen molar-refractivity contribution in [2.45, 2.75) is 13.8 Å². The Morgan fingerprint density at radius 1 is 1.47 bits per heavy atom. The Kier molecular flexibility index (Phi) is 4.27. The Hall–Kier alpha value is -1.75. The van der Waals surface area contributed by atoms with Crippen molar-refractivity contribution in [1.29, 1.82) is 0 Å². The van der Waals surface area contributed by atoms with Crippen molar-refractivity contribution >= 4 is 17.3 Å². The summed E-state index contributed by atoms with van der Waals surface area (Å²) in [5, 5.41) is 15.3.